The number of benzene rings is 2. The van der Waals surface area contributed by atoms with Gasteiger partial charge in [0.1, 0.15) is 35.6 Å². The Balaban J connectivity index is 1.98. The largest absolute Gasteiger partial charge is 0.494 e. The van der Waals surface area contributed by atoms with Gasteiger partial charge in [-0.1, -0.05) is 39.0 Å². The third-order valence-electron chi connectivity index (χ3n) is 4.37. The number of hydrogen-bond donors (Lipinski definition) is 0. The highest BCUT2D eigenvalue weighted by atomic mass is 19.1. The average Bonchev–Trinajstić information content (AvgIpc) is 3.03. The predicted octanol–water partition coefficient (Wildman–Crippen LogP) is 5.18. The van der Waals surface area contributed by atoms with Crippen LogP contribution in [0.15, 0.2) is 41.4 Å². The fraction of sp³-hybridized carbons (Fsp3) is 0.381. The molecular weight excluding hydrogens is 336 g/mol. The predicted molar refractivity (Wildman–Crippen MR) is 97.9 cm³/mol. The maximum Gasteiger partial charge on any atom is 0.222 e. The van der Waals surface area contributed by atoms with Crippen LogP contribution in [0.2, 0.25) is 0 Å². The van der Waals surface area contributed by atoms with Gasteiger partial charge in [0.2, 0.25) is 5.90 Å². The highest BCUT2D eigenvalue weighted by molar-refractivity contribution is 5.95. The molecule has 0 radical (unpaired) electrons. The van der Waals surface area contributed by atoms with Crippen molar-refractivity contribution in [3.63, 3.8) is 0 Å². The van der Waals surface area contributed by atoms with Gasteiger partial charge in [-0.25, -0.2) is 13.8 Å². The topological polar surface area (TPSA) is 30.8 Å². The maximum absolute atomic E-state index is 14.0. The van der Waals surface area contributed by atoms with Crippen LogP contribution in [0.5, 0.6) is 5.75 Å². The van der Waals surface area contributed by atoms with Gasteiger partial charge in [0, 0.05) is 5.56 Å². The van der Waals surface area contributed by atoms with E-state index in [4.69, 9.17) is 9.47 Å². The van der Waals surface area contributed by atoms with E-state index in [-0.39, 0.29) is 29.5 Å². The summed E-state index contributed by atoms with van der Waals surface area (Å²) in [5, 5.41) is 0. The fourth-order valence-corrected chi connectivity index (χ4v) is 2.93. The molecule has 3 rings (SSSR count). The van der Waals surface area contributed by atoms with Crippen LogP contribution < -0.4 is 4.74 Å². The normalized spacial score (nSPS) is 17.0. The Morgan fingerprint density at radius 2 is 1.85 bits per heavy atom. The summed E-state index contributed by atoms with van der Waals surface area (Å²) >= 11 is 0. The number of hydrogen-bond acceptors (Lipinski definition) is 3. The summed E-state index contributed by atoms with van der Waals surface area (Å²) in [4.78, 5) is 4.42. The van der Waals surface area contributed by atoms with Gasteiger partial charge < -0.3 is 9.47 Å². The van der Waals surface area contributed by atoms with Gasteiger partial charge >= 0.3 is 0 Å². The Morgan fingerprint density at radius 3 is 2.46 bits per heavy atom. The molecule has 0 spiro atoms. The van der Waals surface area contributed by atoms with Gasteiger partial charge in [-0.15, -0.1) is 0 Å². The van der Waals surface area contributed by atoms with Crippen molar-refractivity contribution in [1.29, 1.82) is 0 Å². The molecule has 1 heterocycles. The average molecular weight is 359 g/mol. The van der Waals surface area contributed by atoms with Crippen molar-refractivity contribution in [3.05, 3.63) is 64.7 Å². The number of nitrogens with zero attached hydrogens (tertiary/aromatic N) is 1. The van der Waals surface area contributed by atoms with E-state index in [0.717, 1.165) is 16.9 Å². The first-order valence-electron chi connectivity index (χ1n) is 8.73. The third kappa shape index (κ3) is 3.57. The molecule has 0 unspecified atom stereocenters. The minimum Gasteiger partial charge on any atom is -0.494 e. The summed E-state index contributed by atoms with van der Waals surface area (Å²) in [7, 11) is 0. The summed E-state index contributed by atoms with van der Waals surface area (Å²) in [6.45, 7) is 9.06. The number of rotatable bonds is 4. The van der Waals surface area contributed by atoms with Crippen LogP contribution in [0.4, 0.5) is 8.78 Å². The van der Waals surface area contributed by atoms with Gasteiger partial charge in [0.15, 0.2) is 0 Å². The summed E-state index contributed by atoms with van der Waals surface area (Å²) in [5.74, 6) is -0.643. The second kappa shape index (κ2) is 7.06. The summed E-state index contributed by atoms with van der Waals surface area (Å²) in [5.41, 5.74) is 1.76. The Hall–Kier alpha value is -2.43. The Kier molecular flexibility index (Phi) is 4.99. The molecule has 0 aromatic heterocycles. The van der Waals surface area contributed by atoms with Crippen molar-refractivity contribution in [1.82, 2.24) is 0 Å². The van der Waals surface area contributed by atoms with Crippen LogP contribution in [0.1, 0.15) is 50.4 Å². The number of ether oxygens (including phenoxy) is 2. The van der Waals surface area contributed by atoms with Crippen LogP contribution in [0.25, 0.3) is 0 Å². The fourth-order valence-electron chi connectivity index (χ4n) is 2.93. The maximum atomic E-state index is 14.0. The van der Waals surface area contributed by atoms with E-state index >= 15 is 0 Å². The highest BCUT2D eigenvalue weighted by Gasteiger charge is 2.28. The van der Waals surface area contributed by atoms with Crippen LogP contribution in [-0.2, 0) is 10.2 Å². The molecule has 1 aliphatic heterocycles. The van der Waals surface area contributed by atoms with E-state index in [9.17, 15) is 8.78 Å². The molecule has 138 valence electrons. The molecule has 2 aromatic carbocycles. The second-order valence-electron chi connectivity index (χ2n) is 7.29. The number of aliphatic imine (C=N–C) groups is 1. The molecule has 0 bridgehead atoms. The molecule has 0 saturated carbocycles. The highest BCUT2D eigenvalue weighted by Crippen LogP contribution is 2.36. The zero-order valence-corrected chi connectivity index (χ0v) is 15.5. The lowest BCUT2D eigenvalue weighted by molar-refractivity contribution is 0.304. The molecular formula is C21H23F2NO2. The van der Waals surface area contributed by atoms with Crippen LogP contribution in [0, 0.1) is 11.6 Å². The zero-order valence-electron chi connectivity index (χ0n) is 15.5. The Labute approximate surface area is 152 Å². The van der Waals surface area contributed by atoms with Gasteiger partial charge in [-0.3, -0.25) is 0 Å². The molecule has 5 heteroatoms. The van der Waals surface area contributed by atoms with Crippen molar-refractivity contribution in [2.45, 2.75) is 39.2 Å². The van der Waals surface area contributed by atoms with E-state index in [1.165, 1.54) is 18.2 Å². The van der Waals surface area contributed by atoms with Gasteiger partial charge in [-0.2, -0.15) is 0 Å². The monoisotopic (exact) mass is 359 g/mol. The molecule has 0 fully saturated rings. The molecule has 1 aliphatic rings. The molecule has 0 amide bonds. The van der Waals surface area contributed by atoms with E-state index < -0.39 is 11.6 Å². The first-order valence-corrected chi connectivity index (χ1v) is 8.73. The first kappa shape index (κ1) is 18.4. The quantitative estimate of drug-likeness (QED) is 0.753. The van der Waals surface area contributed by atoms with Crippen molar-refractivity contribution < 1.29 is 18.3 Å². The zero-order chi connectivity index (χ0) is 18.9. The van der Waals surface area contributed by atoms with Crippen molar-refractivity contribution >= 4 is 5.90 Å². The smallest absolute Gasteiger partial charge is 0.222 e. The van der Waals surface area contributed by atoms with Gasteiger partial charge in [0.05, 0.1) is 6.61 Å². The molecule has 3 nitrogen and oxygen atoms in total. The Morgan fingerprint density at radius 1 is 1.15 bits per heavy atom. The van der Waals surface area contributed by atoms with Crippen LogP contribution in [0.3, 0.4) is 0 Å². The summed E-state index contributed by atoms with van der Waals surface area (Å²) in [6, 6.07) is 9.36. The standard InChI is InChI=1S/C21H23F2NO2/c1-5-25-18-11-13(21(2,3)4)9-10-14(18)17-12-26-20(24-17)19-15(22)7-6-8-16(19)23/h6-11,17H,5,12H2,1-4H3/t17-/m0/s1. The summed E-state index contributed by atoms with van der Waals surface area (Å²) < 4.78 is 39.3. The lowest BCUT2D eigenvalue weighted by Gasteiger charge is -2.22. The van der Waals surface area contributed by atoms with E-state index in [1.807, 2.05) is 25.1 Å². The van der Waals surface area contributed by atoms with Crippen LogP contribution >= 0.6 is 0 Å². The van der Waals surface area contributed by atoms with E-state index in [2.05, 4.69) is 25.8 Å². The minimum atomic E-state index is -0.683. The first-order chi connectivity index (χ1) is 12.3. The number of halogens is 2. The summed E-state index contributed by atoms with van der Waals surface area (Å²) in [6.07, 6.45) is 0. The Bertz CT molecular complexity index is 820. The van der Waals surface area contributed by atoms with Crippen molar-refractivity contribution in [2.24, 2.45) is 4.99 Å². The van der Waals surface area contributed by atoms with Crippen LogP contribution in [-0.4, -0.2) is 19.1 Å². The van der Waals surface area contributed by atoms with Gasteiger partial charge in [-0.05, 0) is 36.1 Å². The van der Waals surface area contributed by atoms with Gasteiger partial charge in [0.25, 0.3) is 0 Å². The molecule has 2 aromatic rings. The lowest BCUT2D eigenvalue weighted by Crippen LogP contribution is -2.12. The molecule has 0 aliphatic carbocycles. The van der Waals surface area contributed by atoms with Crippen molar-refractivity contribution in [3.8, 4) is 5.75 Å². The molecule has 0 N–H and O–H groups in total. The van der Waals surface area contributed by atoms with E-state index in [0.29, 0.717) is 6.61 Å². The van der Waals surface area contributed by atoms with E-state index in [1.54, 1.807) is 0 Å². The SMILES string of the molecule is CCOc1cc(C(C)(C)C)ccc1[C@@H]1COC(c2c(F)cccc2F)=N1. The molecule has 0 saturated heterocycles. The second-order valence-corrected chi connectivity index (χ2v) is 7.29. The molecule has 26 heavy (non-hydrogen) atoms. The minimum absolute atomic E-state index is 0.00653. The third-order valence-corrected chi connectivity index (χ3v) is 4.37. The lowest BCUT2D eigenvalue weighted by atomic mass is 9.86. The molecule has 1 atom stereocenters. The van der Waals surface area contributed by atoms with Crippen molar-refractivity contribution in [2.75, 3.05) is 13.2 Å².